The minimum Gasteiger partial charge on any atom is -0.465 e. The third-order valence-corrected chi connectivity index (χ3v) is 8.05. The van der Waals surface area contributed by atoms with Gasteiger partial charge >= 0.3 is 5.97 Å². The molecular formula is C28H33ClN2O6. The van der Waals surface area contributed by atoms with Gasteiger partial charge in [-0.2, -0.15) is 0 Å². The molecule has 0 aliphatic carbocycles. The number of hydrogen-bond acceptors (Lipinski definition) is 6. The average Bonchev–Trinajstić information content (AvgIpc) is 3.27. The SMILES string of the molecule is O=C1OCCCC/C=C\[C@@H]2O[C@]34C=CCN(c5ccc(Cl)cc5)C(=O)C3N(CCCCCO)C(=O)[C@@H]4[C@H]12. The van der Waals surface area contributed by atoms with Crippen LogP contribution in [0.4, 0.5) is 5.69 Å². The number of esters is 1. The molecule has 0 radical (unpaired) electrons. The van der Waals surface area contributed by atoms with E-state index in [0.717, 1.165) is 19.3 Å². The van der Waals surface area contributed by atoms with Gasteiger partial charge in [0.15, 0.2) is 0 Å². The van der Waals surface area contributed by atoms with Gasteiger partial charge in [0, 0.05) is 30.4 Å². The van der Waals surface area contributed by atoms with Crippen molar-refractivity contribution in [2.75, 3.05) is 31.2 Å². The number of allylic oxidation sites excluding steroid dienone is 1. The van der Waals surface area contributed by atoms with Gasteiger partial charge in [0.25, 0.3) is 5.91 Å². The van der Waals surface area contributed by atoms with Crippen LogP contribution in [0.2, 0.25) is 5.02 Å². The third kappa shape index (κ3) is 4.71. The summed E-state index contributed by atoms with van der Waals surface area (Å²) in [5.41, 5.74) is -0.609. The highest BCUT2D eigenvalue weighted by molar-refractivity contribution is 6.30. The monoisotopic (exact) mass is 528 g/mol. The summed E-state index contributed by atoms with van der Waals surface area (Å²) in [6, 6.07) is 6.09. The molecule has 4 heterocycles. The number of nitrogens with zero attached hydrogens (tertiary/aromatic N) is 2. The number of anilines is 1. The van der Waals surface area contributed by atoms with E-state index < -0.39 is 35.6 Å². The van der Waals surface area contributed by atoms with E-state index in [1.165, 1.54) is 0 Å². The Hall–Kier alpha value is -2.68. The van der Waals surface area contributed by atoms with Gasteiger partial charge in [-0.25, -0.2) is 0 Å². The molecule has 1 aromatic carbocycles. The van der Waals surface area contributed by atoms with E-state index in [1.807, 2.05) is 24.3 Å². The molecule has 0 bridgehead atoms. The summed E-state index contributed by atoms with van der Waals surface area (Å²) in [6.07, 6.45) is 11.3. The predicted octanol–water partition coefficient (Wildman–Crippen LogP) is 3.27. The van der Waals surface area contributed by atoms with Crippen molar-refractivity contribution in [2.45, 2.75) is 56.3 Å². The fraction of sp³-hybridized carbons (Fsp3) is 0.536. The molecule has 0 saturated carbocycles. The van der Waals surface area contributed by atoms with Crippen LogP contribution in [0.15, 0.2) is 48.6 Å². The van der Waals surface area contributed by atoms with E-state index >= 15 is 0 Å². The van der Waals surface area contributed by atoms with Crippen molar-refractivity contribution in [2.24, 2.45) is 11.8 Å². The molecule has 9 heteroatoms. The van der Waals surface area contributed by atoms with Crippen LogP contribution in [0.5, 0.6) is 0 Å². The van der Waals surface area contributed by atoms with Crippen LogP contribution < -0.4 is 4.90 Å². The van der Waals surface area contributed by atoms with E-state index in [0.29, 0.717) is 49.7 Å². The molecule has 4 aliphatic heterocycles. The molecule has 5 rings (SSSR count). The molecule has 1 N–H and O–H groups in total. The highest BCUT2D eigenvalue weighted by Crippen LogP contribution is 2.53. The lowest BCUT2D eigenvalue weighted by Crippen LogP contribution is -2.55. The van der Waals surface area contributed by atoms with Crippen molar-refractivity contribution >= 4 is 35.1 Å². The topological polar surface area (TPSA) is 96.4 Å². The van der Waals surface area contributed by atoms with Gasteiger partial charge in [-0.3, -0.25) is 14.4 Å². The summed E-state index contributed by atoms with van der Waals surface area (Å²) in [6.45, 7) is 1.01. The average molecular weight is 529 g/mol. The number of ether oxygens (including phenoxy) is 2. The molecule has 2 amide bonds. The summed E-state index contributed by atoms with van der Waals surface area (Å²) in [7, 11) is 0. The first-order valence-corrected chi connectivity index (χ1v) is 13.5. The molecule has 37 heavy (non-hydrogen) atoms. The van der Waals surface area contributed by atoms with Gasteiger partial charge < -0.3 is 24.4 Å². The number of likely N-dealkylation sites (tertiary alicyclic amines) is 1. The summed E-state index contributed by atoms with van der Waals surface area (Å²) in [5.74, 6) is -2.66. The number of unbranched alkanes of at least 4 members (excludes halogenated alkanes) is 2. The molecule has 1 aromatic rings. The van der Waals surface area contributed by atoms with E-state index in [-0.39, 0.29) is 18.4 Å². The molecule has 198 valence electrons. The predicted molar refractivity (Wildman–Crippen MR) is 138 cm³/mol. The van der Waals surface area contributed by atoms with Gasteiger partial charge in [0.05, 0.1) is 18.6 Å². The normalized spacial score (nSPS) is 32.4. The van der Waals surface area contributed by atoms with E-state index in [4.69, 9.17) is 21.1 Å². The van der Waals surface area contributed by atoms with Crippen LogP contribution in [-0.4, -0.2) is 71.8 Å². The third-order valence-electron chi connectivity index (χ3n) is 7.80. The van der Waals surface area contributed by atoms with Gasteiger partial charge in [-0.15, -0.1) is 0 Å². The number of halogens is 1. The minimum absolute atomic E-state index is 0.0704. The zero-order chi connectivity index (χ0) is 26.0. The number of carbonyl (C=O) groups excluding carboxylic acids is 3. The van der Waals surface area contributed by atoms with E-state index in [9.17, 15) is 19.5 Å². The zero-order valence-electron chi connectivity index (χ0n) is 20.8. The summed E-state index contributed by atoms with van der Waals surface area (Å²) in [5, 5.41) is 9.76. The summed E-state index contributed by atoms with van der Waals surface area (Å²) in [4.78, 5) is 44.8. The molecule has 1 unspecified atom stereocenters. The van der Waals surface area contributed by atoms with Crippen molar-refractivity contribution in [3.05, 3.63) is 53.6 Å². The molecule has 5 atom stereocenters. The van der Waals surface area contributed by atoms with Gasteiger partial charge in [-0.05, 0) is 62.8 Å². The number of rotatable bonds is 6. The number of fused-ring (bicyclic) bond motifs is 2. The maximum absolute atomic E-state index is 14.2. The number of aliphatic hydroxyl groups is 1. The van der Waals surface area contributed by atoms with Crippen molar-refractivity contribution in [3.8, 4) is 0 Å². The van der Waals surface area contributed by atoms with E-state index in [2.05, 4.69) is 0 Å². The second-order valence-corrected chi connectivity index (χ2v) is 10.5. The second-order valence-electron chi connectivity index (χ2n) is 10.1. The van der Waals surface area contributed by atoms with Gasteiger partial charge in [0.2, 0.25) is 5.91 Å². The molecule has 0 aromatic heterocycles. The Labute approximate surface area is 221 Å². The molecule has 2 fully saturated rings. The second kappa shape index (κ2) is 11.0. The van der Waals surface area contributed by atoms with Crippen LogP contribution in [-0.2, 0) is 23.9 Å². The smallest absolute Gasteiger partial charge is 0.312 e. The maximum Gasteiger partial charge on any atom is 0.312 e. The maximum atomic E-state index is 14.2. The molecular weight excluding hydrogens is 496 g/mol. The van der Waals surface area contributed by atoms with Crippen molar-refractivity contribution in [3.63, 3.8) is 0 Å². The fourth-order valence-electron chi connectivity index (χ4n) is 6.08. The molecule has 8 nitrogen and oxygen atoms in total. The Bertz CT molecular complexity index is 1090. The van der Waals surface area contributed by atoms with E-state index in [1.54, 1.807) is 34.1 Å². The lowest BCUT2D eigenvalue weighted by Gasteiger charge is -2.35. The lowest BCUT2D eigenvalue weighted by molar-refractivity contribution is -0.154. The number of amides is 2. The number of hydrogen-bond donors (Lipinski definition) is 1. The van der Waals surface area contributed by atoms with Gasteiger partial charge in [0.1, 0.15) is 17.6 Å². The largest absolute Gasteiger partial charge is 0.465 e. The summed E-state index contributed by atoms with van der Waals surface area (Å²) >= 11 is 6.08. The highest BCUT2D eigenvalue weighted by atomic mass is 35.5. The van der Waals surface area contributed by atoms with Crippen LogP contribution in [0.25, 0.3) is 0 Å². The van der Waals surface area contributed by atoms with Crippen LogP contribution in [0.3, 0.4) is 0 Å². The highest BCUT2D eigenvalue weighted by Gasteiger charge is 2.71. The fourth-order valence-corrected chi connectivity index (χ4v) is 6.21. The first-order chi connectivity index (χ1) is 18.0. The first kappa shape index (κ1) is 25.9. The Balaban J connectivity index is 1.55. The van der Waals surface area contributed by atoms with Crippen LogP contribution in [0, 0.1) is 11.8 Å². The van der Waals surface area contributed by atoms with Crippen molar-refractivity contribution < 1.29 is 29.0 Å². The lowest BCUT2D eigenvalue weighted by atomic mass is 9.78. The Morgan fingerprint density at radius 1 is 1.03 bits per heavy atom. The number of cyclic esters (lactones) is 1. The number of aliphatic hydroxyl groups excluding tert-OH is 1. The first-order valence-electron chi connectivity index (χ1n) is 13.1. The molecule has 1 spiro atoms. The van der Waals surface area contributed by atoms with Crippen LogP contribution >= 0.6 is 11.6 Å². The Morgan fingerprint density at radius 3 is 2.62 bits per heavy atom. The quantitative estimate of drug-likeness (QED) is 0.346. The van der Waals surface area contributed by atoms with Crippen molar-refractivity contribution in [1.29, 1.82) is 0 Å². The van der Waals surface area contributed by atoms with Gasteiger partial charge in [-0.1, -0.05) is 35.9 Å². The van der Waals surface area contributed by atoms with Crippen molar-refractivity contribution in [1.82, 2.24) is 4.90 Å². The Kier molecular flexibility index (Phi) is 7.70. The Morgan fingerprint density at radius 2 is 1.84 bits per heavy atom. The van der Waals surface area contributed by atoms with Crippen LogP contribution in [0.1, 0.15) is 38.5 Å². The number of carbonyl (C=O) groups is 3. The summed E-state index contributed by atoms with van der Waals surface area (Å²) < 4.78 is 12.2. The molecule has 2 saturated heterocycles. The standard InChI is InChI=1S/C28H33ClN2O6/c29-19-10-12-20(13-11-19)30-16-8-14-28-23(22-21(37-28)9-4-1-2-7-18-36-27(22)35)25(33)31(24(28)26(30)34)15-5-3-6-17-32/h4,8-14,21-24,32H,1-3,5-7,15-18H2/b9-4-/t21-,22+,23-,24?,28-/m0/s1. The number of benzene rings is 1. The zero-order valence-corrected chi connectivity index (χ0v) is 21.5. The molecule has 4 aliphatic rings. The minimum atomic E-state index is -1.28.